The zero-order chi connectivity index (χ0) is 12.7. The summed E-state index contributed by atoms with van der Waals surface area (Å²) >= 11 is 3.38. The van der Waals surface area contributed by atoms with E-state index in [9.17, 15) is 5.11 Å². The molecular formula is C12H11BrN2O3. The summed E-state index contributed by atoms with van der Waals surface area (Å²) < 4.78 is 13.0. The van der Waals surface area contributed by atoms with Crippen molar-refractivity contribution < 1.29 is 14.6 Å². The topological polar surface area (TPSA) is 56.5 Å². The number of ether oxygens (including phenoxy) is 2. The number of hydrogen-bond acceptors (Lipinski definition) is 4. The van der Waals surface area contributed by atoms with Crippen LogP contribution in [0, 0.1) is 0 Å². The van der Waals surface area contributed by atoms with Gasteiger partial charge in [0, 0.05) is 4.47 Å². The summed E-state index contributed by atoms with van der Waals surface area (Å²) in [5.41, 5.74) is 1.30. The van der Waals surface area contributed by atoms with Crippen LogP contribution in [0.15, 0.2) is 34.9 Å². The Morgan fingerprint density at radius 1 is 1.39 bits per heavy atom. The predicted octanol–water partition coefficient (Wildman–Crippen LogP) is 2.73. The molecule has 1 N–H and O–H groups in total. The van der Waals surface area contributed by atoms with Crippen LogP contribution in [0.5, 0.6) is 5.88 Å². The highest BCUT2D eigenvalue weighted by Gasteiger charge is 2.32. The van der Waals surface area contributed by atoms with Crippen molar-refractivity contribution in [2.24, 2.45) is 0 Å². The SMILES string of the molecule is CC1OC(c2cnn(-c3cccc(Br)c3)c2O)O1. The lowest BCUT2D eigenvalue weighted by atomic mass is 10.3. The Morgan fingerprint density at radius 3 is 2.83 bits per heavy atom. The number of halogens is 1. The van der Waals surface area contributed by atoms with Crippen LogP contribution in [0.2, 0.25) is 0 Å². The molecule has 1 saturated heterocycles. The maximum absolute atomic E-state index is 10.1. The Labute approximate surface area is 112 Å². The maximum atomic E-state index is 10.1. The average molecular weight is 311 g/mol. The molecule has 1 fully saturated rings. The zero-order valence-electron chi connectivity index (χ0n) is 9.58. The Kier molecular flexibility index (Phi) is 2.85. The molecule has 1 aliphatic heterocycles. The molecule has 0 aliphatic carbocycles. The first-order valence-electron chi connectivity index (χ1n) is 5.49. The molecule has 3 rings (SSSR count). The molecule has 0 atom stereocenters. The van der Waals surface area contributed by atoms with Gasteiger partial charge in [-0.3, -0.25) is 0 Å². The molecule has 0 bridgehead atoms. The summed E-state index contributed by atoms with van der Waals surface area (Å²) in [5, 5.41) is 14.3. The van der Waals surface area contributed by atoms with Crippen LogP contribution in [-0.4, -0.2) is 21.2 Å². The second-order valence-corrected chi connectivity index (χ2v) is 4.90. The molecule has 94 valence electrons. The van der Waals surface area contributed by atoms with Gasteiger partial charge in [-0.1, -0.05) is 22.0 Å². The van der Waals surface area contributed by atoms with E-state index in [1.165, 1.54) is 4.68 Å². The van der Waals surface area contributed by atoms with Crippen molar-refractivity contribution >= 4 is 15.9 Å². The van der Waals surface area contributed by atoms with Gasteiger partial charge in [-0.25, -0.2) is 4.68 Å². The molecule has 1 aromatic heterocycles. The fourth-order valence-electron chi connectivity index (χ4n) is 1.82. The van der Waals surface area contributed by atoms with E-state index in [2.05, 4.69) is 21.0 Å². The molecule has 0 unspecified atom stereocenters. The molecule has 5 nitrogen and oxygen atoms in total. The van der Waals surface area contributed by atoms with Crippen molar-refractivity contribution in [3.8, 4) is 11.6 Å². The average Bonchev–Trinajstić information content (AvgIpc) is 2.67. The summed E-state index contributed by atoms with van der Waals surface area (Å²) in [4.78, 5) is 0. The van der Waals surface area contributed by atoms with Gasteiger partial charge in [0.1, 0.15) is 0 Å². The molecule has 2 heterocycles. The number of benzene rings is 1. The Balaban J connectivity index is 1.94. The molecule has 2 aromatic rings. The normalized spacial score (nSPS) is 22.8. The fourth-order valence-corrected chi connectivity index (χ4v) is 2.21. The van der Waals surface area contributed by atoms with Crippen molar-refractivity contribution in [3.05, 3.63) is 40.5 Å². The Hall–Kier alpha value is -1.37. The van der Waals surface area contributed by atoms with Crippen molar-refractivity contribution in [1.29, 1.82) is 0 Å². The van der Waals surface area contributed by atoms with E-state index in [1.807, 2.05) is 24.3 Å². The van der Waals surface area contributed by atoms with Gasteiger partial charge in [0.15, 0.2) is 12.6 Å². The number of aromatic nitrogens is 2. The third-order valence-corrected chi connectivity index (χ3v) is 3.20. The van der Waals surface area contributed by atoms with Crippen LogP contribution in [0.25, 0.3) is 5.69 Å². The summed E-state index contributed by atoms with van der Waals surface area (Å²) in [6, 6.07) is 7.50. The predicted molar refractivity (Wildman–Crippen MR) is 67.3 cm³/mol. The third kappa shape index (κ3) is 1.92. The van der Waals surface area contributed by atoms with Gasteiger partial charge in [-0.15, -0.1) is 0 Å². The van der Waals surface area contributed by atoms with E-state index in [0.717, 1.165) is 10.2 Å². The Bertz CT molecular complexity index is 578. The lowest BCUT2D eigenvalue weighted by molar-refractivity contribution is -0.382. The van der Waals surface area contributed by atoms with E-state index in [0.29, 0.717) is 5.56 Å². The molecular weight excluding hydrogens is 300 g/mol. The minimum atomic E-state index is -0.527. The van der Waals surface area contributed by atoms with Crippen molar-refractivity contribution in [3.63, 3.8) is 0 Å². The molecule has 6 heteroatoms. The number of hydrogen-bond donors (Lipinski definition) is 1. The number of aromatic hydroxyl groups is 1. The molecule has 1 aliphatic rings. The van der Waals surface area contributed by atoms with E-state index >= 15 is 0 Å². The van der Waals surface area contributed by atoms with E-state index < -0.39 is 6.29 Å². The van der Waals surface area contributed by atoms with Gasteiger partial charge in [-0.05, 0) is 25.1 Å². The highest BCUT2D eigenvalue weighted by atomic mass is 79.9. The smallest absolute Gasteiger partial charge is 0.222 e. The first-order chi connectivity index (χ1) is 8.65. The molecule has 0 saturated carbocycles. The van der Waals surface area contributed by atoms with Gasteiger partial charge in [0.25, 0.3) is 0 Å². The molecule has 18 heavy (non-hydrogen) atoms. The summed E-state index contributed by atoms with van der Waals surface area (Å²) in [7, 11) is 0. The number of nitrogens with zero attached hydrogens (tertiary/aromatic N) is 2. The fraction of sp³-hybridized carbons (Fsp3) is 0.250. The van der Waals surface area contributed by atoms with Crippen LogP contribution >= 0.6 is 15.9 Å². The molecule has 0 spiro atoms. The first-order valence-corrected chi connectivity index (χ1v) is 6.28. The molecule has 1 aromatic carbocycles. The molecule has 0 amide bonds. The minimum Gasteiger partial charge on any atom is -0.493 e. The lowest BCUT2D eigenvalue weighted by Crippen LogP contribution is -2.31. The highest BCUT2D eigenvalue weighted by molar-refractivity contribution is 9.10. The number of rotatable bonds is 2. The third-order valence-electron chi connectivity index (χ3n) is 2.71. The van der Waals surface area contributed by atoms with Gasteiger partial charge >= 0.3 is 0 Å². The van der Waals surface area contributed by atoms with Crippen LogP contribution in [0.3, 0.4) is 0 Å². The van der Waals surface area contributed by atoms with Crippen LogP contribution in [0.4, 0.5) is 0 Å². The largest absolute Gasteiger partial charge is 0.493 e. The van der Waals surface area contributed by atoms with Crippen LogP contribution in [-0.2, 0) is 9.47 Å². The van der Waals surface area contributed by atoms with Crippen molar-refractivity contribution in [2.45, 2.75) is 19.5 Å². The second kappa shape index (κ2) is 4.38. The van der Waals surface area contributed by atoms with Gasteiger partial charge < -0.3 is 14.6 Å². The Morgan fingerprint density at radius 2 is 2.17 bits per heavy atom. The quantitative estimate of drug-likeness (QED) is 0.926. The molecule has 0 radical (unpaired) electrons. The van der Waals surface area contributed by atoms with Crippen molar-refractivity contribution in [1.82, 2.24) is 9.78 Å². The van der Waals surface area contributed by atoms with Crippen molar-refractivity contribution in [2.75, 3.05) is 0 Å². The summed E-state index contributed by atoms with van der Waals surface area (Å²) in [6.07, 6.45) is 0.789. The zero-order valence-corrected chi connectivity index (χ0v) is 11.2. The monoisotopic (exact) mass is 310 g/mol. The first kappa shape index (κ1) is 11.7. The highest BCUT2D eigenvalue weighted by Crippen LogP contribution is 2.37. The van der Waals surface area contributed by atoms with Crippen LogP contribution in [0.1, 0.15) is 18.8 Å². The van der Waals surface area contributed by atoms with E-state index in [1.54, 1.807) is 13.1 Å². The van der Waals surface area contributed by atoms with Gasteiger partial charge in [-0.2, -0.15) is 5.10 Å². The summed E-state index contributed by atoms with van der Waals surface area (Å²) in [5.74, 6) is 0.0324. The van der Waals surface area contributed by atoms with E-state index in [-0.39, 0.29) is 12.2 Å². The maximum Gasteiger partial charge on any atom is 0.222 e. The lowest BCUT2D eigenvalue weighted by Gasteiger charge is -2.32. The van der Waals surface area contributed by atoms with Gasteiger partial charge in [0.05, 0.1) is 17.4 Å². The van der Waals surface area contributed by atoms with E-state index in [4.69, 9.17) is 9.47 Å². The standard InChI is InChI=1S/C12H11BrN2O3/c1-7-17-12(18-7)10-6-14-15(11(10)16)9-4-2-3-8(13)5-9/h2-7,12,16H,1H3. The van der Waals surface area contributed by atoms with Gasteiger partial charge in [0.2, 0.25) is 5.88 Å². The second-order valence-electron chi connectivity index (χ2n) is 3.99. The van der Waals surface area contributed by atoms with Crippen LogP contribution < -0.4 is 0 Å². The minimum absolute atomic E-state index is 0.0324. The summed E-state index contributed by atoms with van der Waals surface area (Å²) in [6.45, 7) is 1.80.